The van der Waals surface area contributed by atoms with E-state index in [1.54, 1.807) is 11.0 Å². The van der Waals surface area contributed by atoms with E-state index in [1.165, 1.54) is 20.3 Å². The molecule has 1 fully saturated rings. The van der Waals surface area contributed by atoms with Gasteiger partial charge in [-0.2, -0.15) is 0 Å². The first kappa shape index (κ1) is 18.3. The first-order valence-corrected chi connectivity index (χ1v) is 9.13. The van der Waals surface area contributed by atoms with Gasteiger partial charge in [0.25, 0.3) is 0 Å². The Labute approximate surface area is 162 Å². The topological polar surface area (TPSA) is 67.9 Å². The summed E-state index contributed by atoms with van der Waals surface area (Å²) in [7, 11) is 2.94. The zero-order valence-electron chi connectivity index (χ0n) is 15.8. The maximum Gasteiger partial charge on any atom is 0.321 e. The predicted molar refractivity (Wildman–Crippen MR) is 102 cm³/mol. The molecule has 0 aromatic heterocycles. The molecule has 0 saturated carbocycles. The second kappa shape index (κ2) is 7.14. The summed E-state index contributed by atoms with van der Waals surface area (Å²) in [4.78, 5) is 26.0. The average Bonchev–Trinajstić information content (AvgIpc) is 3.12. The summed E-state index contributed by atoms with van der Waals surface area (Å²) < 4.78 is 25.3. The number of fused-ring (bicyclic) bond motifs is 1. The molecule has 7 heteroatoms. The predicted octanol–water partition coefficient (Wildman–Crippen LogP) is 3.02. The van der Waals surface area contributed by atoms with Crippen molar-refractivity contribution < 1.29 is 23.5 Å². The Hall–Kier alpha value is -3.09. The van der Waals surface area contributed by atoms with Crippen molar-refractivity contribution in [3.63, 3.8) is 0 Å². The van der Waals surface area contributed by atoms with Crippen molar-refractivity contribution in [1.82, 2.24) is 5.32 Å². The Morgan fingerprint density at radius 1 is 1.07 bits per heavy atom. The number of urea groups is 1. The van der Waals surface area contributed by atoms with Crippen molar-refractivity contribution >= 4 is 17.5 Å². The van der Waals surface area contributed by atoms with Crippen molar-refractivity contribution in [2.45, 2.75) is 18.8 Å². The van der Waals surface area contributed by atoms with Crippen LogP contribution in [-0.4, -0.2) is 39.1 Å². The Kier molecular flexibility index (Phi) is 4.66. The lowest BCUT2D eigenvalue weighted by Gasteiger charge is -2.27. The molecule has 146 valence electrons. The molecule has 1 unspecified atom stereocenters. The fourth-order valence-corrected chi connectivity index (χ4v) is 4.01. The Morgan fingerprint density at radius 2 is 1.82 bits per heavy atom. The van der Waals surface area contributed by atoms with Crippen LogP contribution in [0.5, 0.6) is 11.5 Å². The van der Waals surface area contributed by atoms with Crippen LogP contribution < -0.4 is 19.7 Å². The van der Waals surface area contributed by atoms with E-state index in [1.807, 2.05) is 18.2 Å². The average molecular weight is 384 g/mol. The van der Waals surface area contributed by atoms with Crippen molar-refractivity contribution in [1.29, 1.82) is 0 Å². The van der Waals surface area contributed by atoms with E-state index in [-0.39, 0.29) is 24.7 Å². The molecule has 6 nitrogen and oxygen atoms in total. The number of anilines is 1. The van der Waals surface area contributed by atoms with E-state index >= 15 is 0 Å². The molecule has 2 amide bonds. The van der Waals surface area contributed by atoms with Crippen molar-refractivity contribution in [2.24, 2.45) is 0 Å². The number of rotatable bonds is 4. The molecule has 2 aliphatic rings. The number of benzene rings is 2. The lowest BCUT2D eigenvalue weighted by atomic mass is 9.78. The van der Waals surface area contributed by atoms with E-state index in [0.717, 1.165) is 16.8 Å². The Bertz CT molecular complexity index is 960. The molecule has 2 aromatic carbocycles. The maximum atomic E-state index is 14.8. The molecule has 4 rings (SSSR count). The summed E-state index contributed by atoms with van der Waals surface area (Å²) in [6.45, 7) is 1.17. The number of ketones is 1. The minimum atomic E-state index is -0.439. The van der Waals surface area contributed by atoms with Gasteiger partial charge in [-0.3, -0.25) is 9.69 Å². The summed E-state index contributed by atoms with van der Waals surface area (Å²) in [5.74, 6) is -0.0798. The number of hydrogen-bond acceptors (Lipinski definition) is 4. The van der Waals surface area contributed by atoms with Crippen LogP contribution in [0, 0.1) is 5.82 Å². The number of Topliss-reactive ketones (excluding diaryl/α,β-unsaturated/α-hetero) is 1. The fourth-order valence-electron chi connectivity index (χ4n) is 4.01. The largest absolute Gasteiger partial charge is 0.493 e. The quantitative estimate of drug-likeness (QED) is 0.880. The van der Waals surface area contributed by atoms with Crippen LogP contribution >= 0.6 is 0 Å². The van der Waals surface area contributed by atoms with E-state index < -0.39 is 11.7 Å². The maximum absolute atomic E-state index is 14.8. The van der Waals surface area contributed by atoms with E-state index in [2.05, 4.69) is 5.32 Å². The van der Waals surface area contributed by atoms with Crippen molar-refractivity contribution in [2.75, 3.05) is 32.2 Å². The van der Waals surface area contributed by atoms with Crippen molar-refractivity contribution in [3.05, 3.63) is 52.8 Å². The summed E-state index contributed by atoms with van der Waals surface area (Å²) in [5.41, 5.74) is 2.87. The number of nitrogens with zero attached hydrogens (tertiary/aromatic N) is 1. The van der Waals surface area contributed by atoms with Crippen LogP contribution in [0.25, 0.3) is 0 Å². The van der Waals surface area contributed by atoms with E-state index in [9.17, 15) is 14.0 Å². The number of carbonyl (C=O) groups is 2. The van der Waals surface area contributed by atoms with Gasteiger partial charge < -0.3 is 14.8 Å². The summed E-state index contributed by atoms with van der Waals surface area (Å²) in [6.07, 6.45) is 0.507. The standard InChI is InChI=1S/C21H21FN2O4/c1-27-19-10-17(18(22)11-20(19)28-2)16-9-14(25)8-12-7-13(3-4-15(12)16)24-6-5-23-21(24)26/h3-4,7,10-11,16H,5-6,8-9H2,1-2H3,(H,23,26). The van der Waals surface area contributed by atoms with E-state index in [4.69, 9.17) is 9.47 Å². The first-order valence-electron chi connectivity index (χ1n) is 9.13. The van der Waals surface area contributed by atoms with Crippen LogP contribution in [0.2, 0.25) is 0 Å². The fraction of sp³-hybridized carbons (Fsp3) is 0.333. The highest BCUT2D eigenvalue weighted by Gasteiger charge is 2.31. The lowest BCUT2D eigenvalue weighted by Crippen LogP contribution is -2.28. The van der Waals surface area contributed by atoms with Gasteiger partial charge in [0, 0.05) is 43.6 Å². The van der Waals surface area contributed by atoms with Gasteiger partial charge in [-0.25, -0.2) is 9.18 Å². The molecule has 1 aliphatic carbocycles. The molecule has 0 bridgehead atoms. The Morgan fingerprint density at radius 3 is 2.50 bits per heavy atom. The van der Waals surface area contributed by atoms with Crippen LogP contribution in [0.4, 0.5) is 14.9 Å². The van der Waals surface area contributed by atoms with Crippen LogP contribution in [0.1, 0.15) is 29.0 Å². The summed E-state index contributed by atoms with van der Waals surface area (Å²) >= 11 is 0. The normalized spacial score (nSPS) is 18.7. The summed E-state index contributed by atoms with van der Waals surface area (Å²) in [5, 5.41) is 2.77. The number of amides is 2. The molecule has 1 atom stereocenters. The number of halogens is 1. The molecule has 0 radical (unpaired) electrons. The van der Waals surface area contributed by atoms with Gasteiger partial charge in [-0.15, -0.1) is 0 Å². The molecule has 0 spiro atoms. The summed E-state index contributed by atoms with van der Waals surface area (Å²) in [6, 6.07) is 8.35. The first-order chi connectivity index (χ1) is 13.5. The number of nitrogens with one attached hydrogen (secondary N) is 1. The highest BCUT2D eigenvalue weighted by molar-refractivity contribution is 5.94. The minimum Gasteiger partial charge on any atom is -0.493 e. The number of hydrogen-bond donors (Lipinski definition) is 1. The molecule has 1 saturated heterocycles. The van der Waals surface area contributed by atoms with Gasteiger partial charge in [-0.05, 0) is 34.9 Å². The van der Waals surface area contributed by atoms with Crippen molar-refractivity contribution in [3.8, 4) is 11.5 Å². The van der Waals surface area contributed by atoms with Gasteiger partial charge >= 0.3 is 6.03 Å². The van der Waals surface area contributed by atoms with Gasteiger partial charge in [0.05, 0.1) is 14.2 Å². The van der Waals surface area contributed by atoms with Crippen LogP contribution in [-0.2, 0) is 11.2 Å². The van der Waals surface area contributed by atoms with Gasteiger partial charge in [0.2, 0.25) is 0 Å². The third-order valence-corrected chi connectivity index (χ3v) is 5.37. The second-order valence-electron chi connectivity index (χ2n) is 6.97. The monoisotopic (exact) mass is 384 g/mol. The zero-order chi connectivity index (χ0) is 19.8. The number of carbonyl (C=O) groups excluding carboxylic acids is 2. The molecular weight excluding hydrogens is 363 g/mol. The highest BCUT2D eigenvalue weighted by atomic mass is 19.1. The van der Waals surface area contributed by atoms with Crippen LogP contribution in [0.3, 0.4) is 0 Å². The van der Waals surface area contributed by atoms with Gasteiger partial charge in [0.1, 0.15) is 11.6 Å². The lowest BCUT2D eigenvalue weighted by molar-refractivity contribution is -0.119. The number of ether oxygens (including phenoxy) is 2. The Balaban J connectivity index is 1.77. The SMILES string of the molecule is COc1cc(F)c(C2CC(=O)Cc3cc(N4CCNC4=O)ccc32)cc1OC. The van der Waals surface area contributed by atoms with Gasteiger partial charge in [0.15, 0.2) is 11.5 Å². The molecule has 28 heavy (non-hydrogen) atoms. The molecule has 1 aliphatic heterocycles. The third-order valence-electron chi connectivity index (χ3n) is 5.37. The zero-order valence-corrected chi connectivity index (χ0v) is 15.8. The van der Waals surface area contributed by atoms with Gasteiger partial charge in [-0.1, -0.05) is 6.07 Å². The molecule has 2 aromatic rings. The second-order valence-corrected chi connectivity index (χ2v) is 6.97. The third kappa shape index (κ3) is 3.06. The van der Waals surface area contributed by atoms with Crippen LogP contribution in [0.15, 0.2) is 30.3 Å². The van der Waals surface area contributed by atoms with E-state index in [0.29, 0.717) is 30.2 Å². The molecule has 1 N–H and O–H groups in total. The minimum absolute atomic E-state index is 0.0368. The number of methoxy groups -OCH3 is 2. The molecular formula is C21H21FN2O4. The molecule has 1 heterocycles. The smallest absolute Gasteiger partial charge is 0.321 e. The highest BCUT2D eigenvalue weighted by Crippen LogP contribution is 2.41.